The van der Waals surface area contributed by atoms with E-state index in [4.69, 9.17) is 9.15 Å². The van der Waals surface area contributed by atoms with Crippen molar-refractivity contribution in [1.29, 1.82) is 0 Å². The summed E-state index contributed by atoms with van der Waals surface area (Å²) in [6.45, 7) is 0.441. The van der Waals surface area contributed by atoms with Gasteiger partial charge in [-0.1, -0.05) is 12.1 Å². The van der Waals surface area contributed by atoms with Crippen molar-refractivity contribution in [2.45, 2.75) is 24.6 Å². The molecule has 2 aromatic heterocycles. The van der Waals surface area contributed by atoms with Crippen molar-refractivity contribution in [3.8, 4) is 17.2 Å². The maximum Gasteiger partial charge on any atom is 0.247 e. The number of sulfonamides is 1. The van der Waals surface area contributed by atoms with Crippen LogP contribution in [-0.2, 0) is 15.8 Å². The third-order valence-electron chi connectivity index (χ3n) is 4.72. The van der Waals surface area contributed by atoms with Crippen molar-refractivity contribution in [2.24, 2.45) is 0 Å². The summed E-state index contributed by atoms with van der Waals surface area (Å²) in [7, 11) is -1.96. The monoisotopic (exact) mass is 400 g/mol. The zero-order chi connectivity index (χ0) is 19.6. The lowest BCUT2D eigenvalue weighted by Crippen LogP contribution is -2.31. The van der Waals surface area contributed by atoms with Crippen molar-refractivity contribution in [2.75, 3.05) is 13.7 Å². The van der Waals surface area contributed by atoms with Gasteiger partial charge in [0.1, 0.15) is 11.8 Å². The molecule has 3 aromatic rings. The van der Waals surface area contributed by atoms with Crippen LogP contribution in [0, 0.1) is 0 Å². The minimum atomic E-state index is -3.53. The number of benzene rings is 1. The van der Waals surface area contributed by atoms with Gasteiger partial charge < -0.3 is 9.15 Å². The molecule has 8 nitrogen and oxygen atoms in total. The fourth-order valence-corrected chi connectivity index (χ4v) is 5.09. The third-order valence-corrected chi connectivity index (χ3v) is 6.57. The molecule has 0 aliphatic carbocycles. The van der Waals surface area contributed by atoms with Crippen LogP contribution in [0.3, 0.4) is 0 Å². The van der Waals surface area contributed by atoms with Crippen molar-refractivity contribution in [1.82, 2.24) is 19.5 Å². The largest absolute Gasteiger partial charge is 0.497 e. The van der Waals surface area contributed by atoms with E-state index in [1.807, 2.05) is 0 Å². The molecule has 0 radical (unpaired) electrons. The fraction of sp³-hybridized carbons (Fsp3) is 0.316. The van der Waals surface area contributed by atoms with Gasteiger partial charge in [0.2, 0.25) is 21.8 Å². The van der Waals surface area contributed by atoms with E-state index >= 15 is 0 Å². The Hall–Kier alpha value is -2.78. The zero-order valence-electron chi connectivity index (χ0n) is 15.4. The normalized spacial score (nSPS) is 17.7. The number of nitrogens with zero attached hydrogens (tertiary/aromatic N) is 4. The topological polar surface area (TPSA) is 98.4 Å². The molecule has 1 unspecified atom stereocenters. The second-order valence-corrected chi connectivity index (χ2v) is 8.48. The Morgan fingerprint density at radius 2 is 1.89 bits per heavy atom. The Morgan fingerprint density at radius 3 is 2.61 bits per heavy atom. The van der Waals surface area contributed by atoms with Crippen LogP contribution < -0.4 is 4.74 Å². The van der Waals surface area contributed by atoms with Crippen LogP contribution in [0.2, 0.25) is 0 Å². The lowest BCUT2D eigenvalue weighted by molar-refractivity contribution is 0.332. The minimum absolute atomic E-state index is 0.0845. The van der Waals surface area contributed by atoms with Crippen LogP contribution in [-0.4, -0.2) is 41.6 Å². The standard InChI is InChI=1S/C19H20N4O4S/c1-26-16-6-4-14(5-7-16)13-28(24,25)23-12-2-3-17(23)19-22-21-18(27-19)15-8-10-20-11-9-15/h4-11,17H,2-3,12-13H2,1H3. The first-order valence-corrected chi connectivity index (χ1v) is 10.5. The Kier molecular flexibility index (Phi) is 5.10. The predicted octanol–water partition coefficient (Wildman–Crippen LogP) is 2.81. The average molecular weight is 400 g/mol. The van der Waals surface area contributed by atoms with Gasteiger partial charge >= 0.3 is 0 Å². The van der Waals surface area contributed by atoms with Crippen LogP contribution in [0.1, 0.15) is 30.3 Å². The summed E-state index contributed by atoms with van der Waals surface area (Å²) in [4.78, 5) is 3.96. The highest BCUT2D eigenvalue weighted by atomic mass is 32.2. The number of hydrogen-bond acceptors (Lipinski definition) is 7. The summed E-state index contributed by atoms with van der Waals surface area (Å²) in [5, 5.41) is 8.18. The van der Waals surface area contributed by atoms with Gasteiger partial charge in [0.15, 0.2) is 0 Å². The molecule has 1 atom stereocenters. The van der Waals surface area contributed by atoms with Crippen LogP contribution in [0.4, 0.5) is 0 Å². The van der Waals surface area contributed by atoms with Crippen molar-refractivity contribution in [3.05, 3.63) is 60.2 Å². The van der Waals surface area contributed by atoms with E-state index in [0.29, 0.717) is 36.1 Å². The lowest BCUT2D eigenvalue weighted by Gasteiger charge is -2.21. The highest BCUT2D eigenvalue weighted by Gasteiger charge is 2.38. The van der Waals surface area contributed by atoms with Crippen LogP contribution >= 0.6 is 0 Å². The Balaban J connectivity index is 1.55. The molecular formula is C19H20N4O4S. The van der Waals surface area contributed by atoms with E-state index in [1.165, 1.54) is 4.31 Å². The number of hydrogen-bond donors (Lipinski definition) is 0. The van der Waals surface area contributed by atoms with Gasteiger partial charge in [-0.25, -0.2) is 8.42 Å². The number of methoxy groups -OCH3 is 1. The minimum Gasteiger partial charge on any atom is -0.497 e. The summed E-state index contributed by atoms with van der Waals surface area (Å²) in [5.41, 5.74) is 1.45. The first-order chi connectivity index (χ1) is 13.6. The number of pyridine rings is 1. The van der Waals surface area contributed by atoms with Crippen LogP contribution in [0.5, 0.6) is 5.75 Å². The second kappa shape index (κ2) is 7.69. The second-order valence-electron chi connectivity index (χ2n) is 6.55. The molecule has 0 saturated carbocycles. The van der Waals surface area contributed by atoms with Crippen molar-refractivity contribution < 1.29 is 17.6 Å². The summed E-state index contributed by atoms with van der Waals surface area (Å²) in [5.74, 6) is 1.29. The van der Waals surface area contributed by atoms with Gasteiger partial charge in [-0.3, -0.25) is 4.98 Å². The van der Waals surface area contributed by atoms with E-state index in [0.717, 1.165) is 12.0 Å². The molecule has 3 heterocycles. The van der Waals surface area contributed by atoms with E-state index < -0.39 is 16.1 Å². The van der Waals surface area contributed by atoms with Gasteiger partial charge in [0.05, 0.1) is 12.9 Å². The summed E-state index contributed by atoms with van der Waals surface area (Å²) in [6, 6.07) is 10.1. The van der Waals surface area contributed by atoms with Crippen molar-refractivity contribution in [3.63, 3.8) is 0 Å². The first-order valence-electron chi connectivity index (χ1n) is 8.93. The number of aromatic nitrogens is 3. The SMILES string of the molecule is COc1ccc(CS(=O)(=O)N2CCCC2c2nnc(-c3ccncc3)o2)cc1. The maximum atomic E-state index is 13.0. The molecule has 0 N–H and O–H groups in total. The molecule has 28 heavy (non-hydrogen) atoms. The Bertz CT molecular complexity index is 1040. The average Bonchev–Trinajstić information content (AvgIpc) is 3.39. The highest BCUT2D eigenvalue weighted by molar-refractivity contribution is 7.88. The lowest BCUT2D eigenvalue weighted by atomic mass is 10.2. The molecule has 1 aromatic carbocycles. The van der Waals surface area contributed by atoms with Gasteiger partial charge in [0, 0.05) is 24.5 Å². The maximum absolute atomic E-state index is 13.0. The molecule has 0 bridgehead atoms. The van der Waals surface area contributed by atoms with E-state index in [9.17, 15) is 8.42 Å². The molecule has 1 saturated heterocycles. The van der Waals surface area contributed by atoms with Crippen LogP contribution in [0.15, 0.2) is 53.2 Å². The molecule has 9 heteroatoms. The molecule has 1 fully saturated rings. The Labute approximate surface area is 163 Å². The molecule has 0 amide bonds. The molecule has 4 rings (SSSR count). The third kappa shape index (κ3) is 3.76. The number of rotatable bonds is 6. The molecule has 1 aliphatic heterocycles. The molecule has 0 spiro atoms. The van der Waals surface area contributed by atoms with Gasteiger partial charge in [-0.15, -0.1) is 10.2 Å². The van der Waals surface area contributed by atoms with Gasteiger partial charge in [-0.05, 0) is 42.7 Å². The summed E-state index contributed by atoms with van der Waals surface area (Å²) in [6.07, 6.45) is 4.68. The summed E-state index contributed by atoms with van der Waals surface area (Å²) >= 11 is 0. The predicted molar refractivity (Wildman–Crippen MR) is 102 cm³/mol. The zero-order valence-corrected chi connectivity index (χ0v) is 16.2. The first kappa shape index (κ1) is 18.6. The fourth-order valence-electron chi connectivity index (χ4n) is 3.32. The van der Waals surface area contributed by atoms with Crippen molar-refractivity contribution >= 4 is 10.0 Å². The van der Waals surface area contributed by atoms with E-state index in [-0.39, 0.29) is 5.75 Å². The molecule has 146 valence electrons. The van der Waals surface area contributed by atoms with E-state index in [1.54, 1.807) is 55.9 Å². The van der Waals surface area contributed by atoms with Crippen LogP contribution in [0.25, 0.3) is 11.5 Å². The quantitative estimate of drug-likeness (QED) is 0.627. The Morgan fingerprint density at radius 1 is 1.14 bits per heavy atom. The molecule has 1 aliphatic rings. The van der Waals surface area contributed by atoms with E-state index in [2.05, 4.69) is 15.2 Å². The number of ether oxygens (including phenoxy) is 1. The highest BCUT2D eigenvalue weighted by Crippen LogP contribution is 2.35. The van der Waals surface area contributed by atoms with Gasteiger partial charge in [0.25, 0.3) is 0 Å². The van der Waals surface area contributed by atoms with Gasteiger partial charge in [-0.2, -0.15) is 4.31 Å². The smallest absolute Gasteiger partial charge is 0.247 e. The molecular weight excluding hydrogens is 380 g/mol. The summed E-state index contributed by atoms with van der Waals surface area (Å²) < 4.78 is 38.4.